The standard InChI is InChI=1S/C19H26N4O/c1-3-17(19-14-24-12-10-20-19)18(4-1)21-13-15-5-7-16(8-6-15)23-11-2-9-22-23/h2,5-9,11,17-21H,1,3-4,10,12-14H2. The van der Waals surface area contributed by atoms with Gasteiger partial charge < -0.3 is 15.4 Å². The molecule has 1 aliphatic heterocycles. The number of hydrogen-bond acceptors (Lipinski definition) is 4. The van der Waals surface area contributed by atoms with Crippen molar-refractivity contribution in [2.75, 3.05) is 19.8 Å². The Labute approximate surface area is 143 Å². The number of aromatic nitrogens is 2. The zero-order valence-electron chi connectivity index (χ0n) is 14.0. The van der Waals surface area contributed by atoms with Crippen LogP contribution >= 0.6 is 0 Å². The van der Waals surface area contributed by atoms with Crippen molar-refractivity contribution in [1.29, 1.82) is 0 Å². The van der Waals surface area contributed by atoms with Gasteiger partial charge in [-0.1, -0.05) is 18.6 Å². The van der Waals surface area contributed by atoms with Gasteiger partial charge >= 0.3 is 0 Å². The second-order valence-corrected chi connectivity index (χ2v) is 6.83. The molecule has 1 saturated heterocycles. The van der Waals surface area contributed by atoms with Gasteiger partial charge in [-0.15, -0.1) is 0 Å². The summed E-state index contributed by atoms with van der Waals surface area (Å²) in [7, 11) is 0. The number of ether oxygens (including phenoxy) is 1. The van der Waals surface area contributed by atoms with E-state index in [1.807, 2.05) is 16.9 Å². The Hall–Kier alpha value is -1.69. The van der Waals surface area contributed by atoms with E-state index in [1.165, 1.54) is 24.8 Å². The van der Waals surface area contributed by atoms with Crippen LogP contribution in [0.15, 0.2) is 42.7 Å². The smallest absolute Gasteiger partial charge is 0.0645 e. The van der Waals surface area contributed by atoms with Crippen molar-refractivity contribution < 1.29 is 4.74 Å². The highest BCUT2D eigenvalue weighted by molar-refractivity contribution is 5.33. The predicted octanol–water partition coefficient (Wildman–Crippen LogP) is 2.12. The molecule has 1 aliphatic carbocycles. The van der Waals surface area contributed by atoms with Crippen LogP contribution in [0.5, 0.6) is 0 Å². The first-order chi connectivity index (χ1) is 11.9. The Morgan fingerprint density at radius 3 is 2.92 bits per heavy atom. The van der Waals surface area contributed by atoms with E-state index in [1.54, 1.807) is 6.20 Å². The molecule has 1 saturated carbocycles. The van der Waals surface area contributed by atoms with E-state index in [-0.39, 0.29) is 0 Å². The van der Waals surface area contributed by atoms with Crippen LogP contribution in [-0.2, 0) is 11.3 Å². The maximum absolute atomic E-state index is 5.66. The molecule has 0 spiro atoms. The van der Waals surface area contributed by atoms with E-state index in [0.29, 0.717) is 18.0 Å². The van der Waals surface area contributed by atoms with E-state index >= 15 is 0 Å². The zero-order valence-corrected chi connectivity index (χ0v) is 14.0. The van der Waals surface area contributed by atoms with E-state index in [4.69, 9.17) is 4.74 Å². The fourth-order valence-corrected chi connectivity index (χ4v) is 4.02. The highest BCUT2D eigenvalue weighted by Gasteiger charge is 2.34. The average Bonchev–Trinajstić information content (AvgIpc) is 3.33. The van der Waals surface area contributed by atoms with Crippen molar-refractivity contribution >= 4 is 0 Å². The predicted molar refractivity (Wildman–Crippen MR) is 94.1 cm³/mol. The van der Waals surface area contributed by atoms with E-state index in [9.17, 15) is 0 Å². The molecule has 5 nitrogen and oxygen atoms in total. The molecule has 3 atom stereocenters. The summed E-state index contributed by atoms with van der Waals surface area (Å²) in [4.78, 5) is 0. The molecular weight excluding hydrogens is 300 g/mol. The minimum atomic E-state index is 0.515. The molecular formula is C19H26N4O. The van der Waals surface area contributed by atoms with Gasteiger partial charge in [-0.2, -0.15) is 5.10 Å². The first-order valence-electron chi connectivity index (χ1n) is 9.03. The van der Waals surface area contributed by atoms with Gasteiger partial charge in [0.05, 0.1) is 18.9 Å². The molecule has 3 unspecified atom stereocenters. The average molecular weight is 326 g/mol. The largest absolute Gasteiger partial charge is 0.379 e. The number of rotatable bonds is 5. The van der Waals surface area contributed by atoms with Crippen molar-refractivity contribution in [2.45, 2.75) is 37.9 Å². The molecule has 2 fully saturated rings. The lowest BCUT2D eigenvalue weighted by atomic mass is 9.94. The van der Waals surface area contributed by atoms with Crippen LogP contribution in [0.1, 0.15) is 24.8 Å². The van der Waals surface area contributed by atoms with E-state index in [2.05, 4.69) is 40.0 Å². The summed E-state index contributed by atoms with van der Waals surface area (Å²) in [5.74, 6) is 0.689. The maximum Gasteiger partial charge on any atom is 0.0645 e. The van der Waals surface area contributed by atoms with Crippen LogP contribution in [0.25, 0.3) is 5.69 Å². The van der Waals surface area contributed by atoms with Crippen LogP contribution in [-0.4, -0.2) is 41.6 Å². The van der Waals surface area contributed by atoms with Gasteiger partial charge in [-0.25, -0.2) is 4.68 Å². The van der Waals surface area contributed by atoms with Crippen molar-refractivity contribution in [3.63, 3.8) is 0 Å². The SMILES string of the molecule is c1cnn(-c2ccc(CNC3CCCC3C3COCCN3)cc2)c1. The monoisotopic (exact) mass is 326 g/mol. The maximum atomic E-state index is 5.66. The van der Waals surface area contributed by atoms with E-state index < -0.39 is 0 Å². The molecule has 2 aliphatic rings. The molecule has 2 heterocycles. The zero-order chi connectivity index (χ0) is 16.2. The molecule has 2 N–H and O–H groups in total. The minimum Gasteiger partial charge on any atom is -0.379 e. The third-order valence-electron chi connectivity index (χ3n) is 5.31. The number of benzene rings is 1. The van der Waals surface area contributed by atoms with Crippen molar-refractivity contribution in [2.24, 2.45) is 5.92 Å². The van der Waals surface area contributed by atoms with Gasteiger partial charge in [-0.3, -0.25) is 0 Å². The topological polar surface area (TPSA) is 51.1 Å². The molecule has 1 aromatic carbocycles. The Morgan fingerprint density at radius 2 is 2.17 bits per heavy atom. The van der Waals surface area contributed by atoms with Gasteiger partial charge in [0, 0.05) is 37.6 Å². The summed E-state index contributed by atoms with van der Waals surface area (Å²) in [5, 5.41) is 11.7. The molecule has 0 bridgehead atoms. The second-order valence-electron chi connectivity index (χ2n) is 6.83. The quantitative estimate of drug-likeness (QED) is 0.884. The Bertz CT molecular complexity index is 619. The highest BCUT2D eigenvalue weighted by atomic mass is 16.5. The fraction of sp³-hybridized carbons (Fsp3) is 0.526. The Kier molecular flexibility index (Phi) is 4.92. The molecule has 4 rings (SSSR count). The molecule has 0 radical (unpaired) electrons. The first kappa shape index (κ1) is 15.8. The summed E-state index contributed by atoms with van der Waals surface area (Å²) in [5.41, 5.74) is 2.43. The van der Waals surface area contributed by atoms with Gasteiger partial charge in [0.15, 0.2) is 0 Å². The third kappa shape index (κ3) is 3.53. The minimum absolute atomic E-state index is 0.515. The van der Waals surface area contributed by atoms with Gasteiger partial charge in [0.1, 0.15) is 0 Å². The Balaban J connectivity index is 1.34. The lowest BCUT2D eigenvalue weighted by Crippen LogP contribution is -2.50. The van der Waals surface area contributed by atoms with Crippen LogP contribution in [0.2, 0.25) is 0 Å². The van der Waals surface area contributed by atoms with Gasteiger partial charge in [0.2, 0.25) is 0 Å². The van der Waals surface area contributed by atoms with Crippen LogP contribution in [0, 0.1) is 5.92 Å². The van der Waals surface area contributed by atoms with Crippen molar-refractivity contribution in [3.8, 4) is 5.69 Å². The summed E-state index contributed by atoms with van der Waals surface area (Å²) in [6.07, 6.45) is 7.66. The third-order valence-corrected chi connectivity index (χ3v) is 5.31. The summed E-state index contributed by atoms with van der Waals surface area (Å²) in [6.45, 7) is 3.63. The van der Waals surface area contributed by atoms with Crippen LogP contribution in [0.3, 0.4) is 0 Å². The molecule has 24 heavy (non-hydrogen) atoms. The molecule has 128 valence electrons. The number of nitrogens with one attached hydrogen (secondary N) is 2. The summed E-state index contributed by atoms with van der Waals surface area (Å²) >= 11 is 0. The van der Waals surface area contributed by atoms with Crippen LogP contribution in [0.4, 0.5) is 0 Å². The Morgan fingerprint density at radius 1 is 1.25 bits per heavy atom. The lowest BCUT2D eigenvalue weighted by Gasteiger charge is -2.33. The van der Waals surface area contributed by atoms with E-state index in [0.717, 1.165) is 32.0 Å². The fourth-order valence-electron chi connectivity index (χ4n) is 4.02. The summed E-state index contributed by atoms with van der Waals surface area (Å²) < 4.78 is 7.54. The normalized spacial score (nSPS) is 27.4. The van der Waals surface area contributed by atoms with Gasteiger partial charge in [-0.05, 0) is 42.5 Å². The number of nitrogens with zero attached hydrogens (tertiary/aromatic N) is 2. The van der Waals surface area contributed by atoms with Crippen molar-refractivity contribution in [3.05, 3.63) is 48.3 Å². The molecule has 5 heteroatoms. The summed E-state index contributed by atoms with van der Waals surface area (Å²) in [6, 6.07) is 11.7. The van der Waals surface area contributed by atoms with Gasteiger partial charge in [0.25, 0.3) is 0 Å². The second kappa shape index (κ2) is 7.47. The van der Waals surface area contributed by atoms with Crippen molar-refractivity contribution in [1.82, 2.24) is 20.4 Å². The molecule has 2 aromatic rings. The lowest BCUT2D eigenvalue weighted by molar-refractivity contribution is 0.0524. The number of hydrogen-bond donors (Lipinski definition) is 2. The molecule has 0 amide bonds. The number of morpholine rings is 1. The first-order valence-corrected chi connectivity index (χ1v) is 9.03. The molecule has 1 aromatic heterocycles. The van der Waals surface area contributed by atoms with Crippen LogP contribution < -0.4 is 10.6 Å². The highest BCUT2D eigenvalue weighted by Crippen LogP contribution is 2.29.